The number of likely N-dealkylation sites (N-methyl/N-ethyl adjacent to an activating group) is 1. The Hall–Kier alpha value is -0.710. The summed E-state index contributed by atoms with van der Waals surface area (Å²) < 4.78 is 0. The second-order valence-corrected chi connectivity index (χ2v) is 4.51. The number of aliphatic imine (C=N–C) groups is 1. The zero-order chi connectivity index (χ0) is 10.9. The molecule has 80 valence electrons. The van der Waals surface area contributed by atoms with E-state index in [1.165, 1.54) is 0 Å². The third kappa shape index (κ3) is 2.20. The van der Waals surface area contributed by atoms with Crippen LogP contribution >= 0.6 is 12.6 Å². The Morgan fingerprint density at radius 1 is 1.43 bits per heavy atom. The Labute approximate surface area is 90.4 Å². The molecule has 0 aliphatic carbocycles. The maximum Gasteiger partial charge on any atom is 0.246 e. The highest BCUT2D eigenvalue weighted by molar-refractivity contribution is 7.81. The summed E-state index contributed by atoms with van der Waals surface area (Å²) in [6.45, 7) is 0. The summed E-state index contributed by atoms with van der Waals surface area (Å²) in [5.41, 5.74) is 0. The van der Waals surface area contributed by atoms with E-state index >= 15 is 0 Å². The molecular formula is C9H17N3OS. The van der Waals surface area contributed by atoms with Crippen molar-refractivity contribution in [2.45, 2.75) is 17.7 Å². The van der Waals surface area contributed by atoms with E-state index in [9.17, 15) is 4.79 Å². The van der Waals surface area contributed by atoms with Crippen molar-refractivity contribution in [2.24, 2.45) is 4.99 Å². The number of amidine groups is 1. The first-order valence-electron chi connectivity index (χ1n) is 4.57. The molecule has 5 heteroatoms. The molecule has 0 N–H and O–H groups in total. The lowest BCUT2D eigenvalue weighted by atomic mass is 10.2. The molecule has 0 radical (unpaired) electrons. The molecule has 0 aromatic heterocycles. The van der Waals surface area contributed by atoms with Gasteiger partial charge in [-0.05, 0) is 6.42 Å². The van der Waals surface area contributed by atoms with Crippen molar-refractivity contribution < 1.29 is 4.79 Å². The molecule has 14 heavy (non-hydrogen) atoms. The molecule has 0 aromatic rings. The summed E-state index contributed by atoms with van der Waals surface area (Å²) in [6.07, 6.45) is 0.702. The Kier molecular flexibility index (Phi) is 3.42. The van der Waals surface area contributed by atoms with Crippen molar-refractivity contribution in [1.82, 2.24) is 9.80 Å². The van der Waals surface area contributed by atoms with Gasteiger partial charge in [-0.25, -0.2) is 0 Å². The first-order chi connectivity index (χ1) is 6.43. The van der Waals surface area contributed by atoms with E-state index in [4.69, 9.17) is 0 Å². The normalized spacial score (nSPS) is 25.9. The highest BCUT2D eigenvalue weighted by Gasteiger charge is 2.32. The van der Waals surface area contributed by atoms with E-state index in [0.717, 1.165) is 5.84 Å². The van der Waals surface area contributed by atoms with Gasteiger partial charge >= 0.3 is 0 Å². The fraction of sp³-hybridized carbons (Fsp3) is 0.778. The summed E-state index contributed by atoms with van der Waals surface area (Å²) in [5.74, 6) is 0.953. The van der Waals surface area contributed by atoms with Crippen LogP contribution in [0.4, 0.5) is 0 Å². The van der Waals surface area contributed by atoms with E-state index < -0.39 is 0 Å². The van der Waals surface area contributed by atoms with Crippen LogP contribution in [0.1, 0.15) is 6.42 Å². The largest absolute Gasteiger partial charge is 0.366 e. The average molecular weight is 215 g/mol. The molecule has 1 heterocycles. The maximum absolute atomic E-state index is 11.6. The van der Waals surface area contributed by atoms with Gasteiger partial charge in [0, 0.05) is 28.2 Å². The molecule has 0 spiro atoms. The van der Waals surface area contributed by atoms with Crippen LogP contribution in [0.25, 0.3) is 0 Å². The highest BCUT2D eigenvalue weighted by Crippen LogP contribution is 2.21. The lowest BCUT2D eigenvalue weighted by Gasteiger charge is -2.14. The Morgan fingerprint density at radius 2 is 2.00 bits per heavy atom. The molecule has 0 fully saturated rings. The summed E-state index contributed by atoms with van der Waals surface area (Å²) in [7, 11) is 7.34. The number of carbonyl (C=O) groups excluding carboxylic acids is 1. The molecule has 1 aliphatic rings. The number of hydrogen-bond donors (Lipinski definition) is 1. The topological polar surface area (TPSA) is 35.9 Å². The summed E-state index contributed by atoms with van der Waals surface area (Å²) >= 11 is 4.41. The predicted octanol–water partition coefficient (Wildman–Crippen LogP) is 0.105. The third-order valence-corrected chi connectivity index (χ3v) is 2.66. The minimum atomic E-state index is -0.245. The lowest BCUT2D eigenvalue weighted by Crippen LogP contribution is -2.31. The second-order valence-electron chi connectivity index (χ2n) is 3.88. The van der Waals surface area contributed by atoms with Crippen molar-refractivity contribution in [3.05, 3.63) is 0 Å². The SMILES string of the molecule is CN(C)C(=O)[C@@H]1CC(S)C(N(C)C)=N1. The number of hydrogen-bond acceptors (Lipinski definition) is 4. The van der Waals surface area contributed by atoms with Crippen LogP contribution in [0.15, 0.2) is 4.99 Å². The second kappa shape index (κ2) is 4.21. The van der Waals surface area contributed by atoms with E-state index in [1.54, 1.807) is 19.0 Å². The quantitative estimate of drug-likeness (QED) is 0.630. The van der Waals surface area contributed by atoms with Crippen LogP contribution < -0.4 is 0 Å². The third-order valence-electron chi connectivity index (χ3n) is 2.22. The van der Waals surface area contributed by atoms with Gasteiger partial charge in [-0.2, -0.15) is 12.6 Å². The smallest absolute Gasteiger partial charge is 0.246 e. The minimum Gasteiger partial charge on any atom is -0.366 e. The van der Waals surface area contributed by atoms with Gasteiger partial charge in [-0.3, -0.25) is 9.79 Å². The van der Waals surface area contributed by atoms with E-state index in [2.05, 4.69) is 17.6 Å². The van der Waals surface area contributed by atoms with Crippen LogP contribution in [0, 0.1) is 0 Å². The van der Waals surface area contributed by atoms with Gasteiger partial charge in [-0.1, -0.05) is 0 Å². The molecule has 1 amide bonds. The van der Waals surface area contributed by atoms with Gasteiger partial charge < -0.3 is 9.80 Å². The molecule has 0 aromatic carbocycles. The van der Waals surface area contributed by atoms with Crippen molar-refractivity contribution in [1.29, 1.82) is 0 Å². The maximum atomic E-state index is 11.6. The molecule has 2 atom stereocenters. The minimum absolute atomic E-state index is 0.0564. The highest BCUT2D eigenvalue weighted by atomic mass is 32.1. The number of rotatable bonds is 1. The summed E-state index contributed by atoms with van der Waals surface area (Å²) in [5, 5.41) is 0.0823. The summed E-state index contributed by atoms with van der Waals surface area (Å²) in [4.78, 5) is 19.5. The number of amides is 1. The molecular weight excluding hydrogens is 198 g/mol. The average Bonchev–Trinajstić information content (AvgIpc) is 2.45. The van der Waals surface area contributed by atoms with Gasteiger partial charge in [0.15, 0.2) is 0 Å². The molecule has 1 rings (SSSR count). The molecule has 0 saturated carbocycles. The Balaban J connectivity index is 2.74. The van der Waals surface area contributed by atoms with Crippen LogP contribution in [-0.2, 0) is 4.79 Å². The van der Waals surface area contributed by atoms with E-state index in [-0.39, 0.29) is 17.2 Å². The zero-order valence-corrected chi connectivity index (χ0v) is 9.95. The molecule has 4 nitrogen and oxygen atoms in total. The fourth-order valence-corrected chi connectivity index (χ4v) is 1.98. The van der Waals surface area contributed by atoms with E-state index in [1.807, 2.05) is 19.0 Å². The van der Waals surface area contributed by atoms with Crippen molar-refractivity contribution >= 4 is 24.4 Å². The van der Waals surface area contributed by atoms with Crippen molar-refractivity contribution in [3.8, 4) is 0 Å². The zero-order valence-electron chi connectivity index (χ0n) is 9.06. The Morgan fingerprint density at radius 3 is 2.36 bits per heavy atom. The van der Waals surface area contributed by atoms with Gasteiger partial charge in [-0.15, -0.1) is 0 Å². The van der Waals surface area contributed by atoms with Crippen LogP contribution in [0.3, 0.4) is 0 Å². The number of carbonyl (C=O) groups is 1. The number of thiol groups is 1. The summed E-state index contributed by atoms with van der Waals surface area (Å²) in [6, 6.07) is -0.245. The monoisotopic (exact) mass is 215 g/mol. The van der Waals surface area contributed by atoms with Gasteiger partial charge in [0.25, 0.3) is 0 Å². The van der Waals surface area contributed by atoms with Crippen LogP contribution in [-0.4, -0.2) is 61.0 Å². The Bertz CT molecular complexity index is 263. The lowest BCUT2D eigenvalue weighted by molar-refractivity contribution is -0.129. The van der Waals surface area contributed by atoms with Crippen LogP contribution in [0.2, 0.25) is 0 Å². The fourth-order valence-electron chi connectivity index (χ4n) is 1.48. The molecule has 1 aliphatic heterocycles. The molecule has 0 bridgehead atoms. The first kappa shape index (κ1) is 11.4. The first-order valence-corrected chi connectivity index (χ1v) is 5.09. The molecule has 0 saturated heterocycles. The van der Waals surface area contributed by atoms with Gasteiger partial charge in [0.1, 0.15) is 11.9 Å². The standard InChI is InChI=1S/C9H17N3OS/c1-11(2)8-7(14)5-6(10-8)9(13)12(3)4/h6-7,14H,5H2,1-4H3/t6-,7?/m0/s1. The number of nitrogens with zero attached hydrogens (tertiary/aromatic N) is 3. The van der Waals surface area contributed by atoms with Crippen molar-refractivity contribution in [2.75, 3.05) is 28.2 Å². The molecule has 1 unspecified atom stereocenters. The van der Waals surface area contributed by atoms with Crippen LogP contribution in [0.5, 0.6) is 0 Å². The van der Waals surface area contributed by atoms with E-state index in [0.29, 0.717) is 6.42 Å². The predicted molar refractivity (Wildman–Crippen MR) is 61.0 cm³/mol. The van der Waals surface area contributed by atoms with Crippen molar-refractivity contribution in [3.63, 3.8) is 0 Å². The van der Waals surface area contributed by atoms with Gasteiger partial charge in [0.05, 0.1) is 5.25 Å². The van der Waals surface area contributed by atoms with Gasteiger partial charge in [0.2, 0.25) is 5.91 Å².